The first-order valence-electron chi connectivity index (χ1n) is 4.24. The van der Waals surface area contributed by atoms with Crippen LogP contribution in [-0.4, -0.2) is 176 Å². The monoisotopic (exact) mass is 1220 g/mol. The molecule has 0 aliphatic rings. The van der Waals surface area contributed by atoms with Gasteiger partial charge in [-0.3, -0.25) is 9.90 Å². The molecule has 0 aromatic rings. The van der Waals surface area contributed by atoms with Gasteiger partial charge in [0.05, 0.1) is 0 Å². The molecular weight excluding hydrogens is 1190 g/mol. The second kappa shape index (κ2) is 219. The van der Waals surface area contributed by atoms with Gasteiger partial charge in [0.15, 0.2) is 0 Å². The van der Waals surface area contributed by atoms with Gasteiger partial charge in [0.2, 0.25) is 0 Å². The van der Waals surface area contributed by atoms with Crippen LogP contribution >= 0.6 is 9.90 Å². The van der Waals surface area contributed by atoms with Crippen LogP contribution < -0.4 is 37.2 Å². The van der Waals surface area contributed by atoms with Crippen molar-refractivity contribution in [1.29, 1.82) is 0 Å². The molecule has 0 bridgehead atoms. The zero-order valence-electron chi connectivity index (χ0n) is 13.6. The third kappa shape index (κ3) is 3800. The van der Waals surface area contributed by atoms with E-state index in [2.05, 4.69) is 0 Å². The molecule has 0 aliphatic carbocycles. The Balaban J connectivity index is -0.0000000120. The van der Waals surface area contributed by atoms with Gasteiger partial charge in [0.25, 0.3) is 0 Å². The van der Waals surface area contributed by atoms with Crippen LogP contribution in [0.3, 0.4) is 0 Å². The van der Waals surface area contributed by atoms with Crippen LogP contribution in [0.5, 0.6) is 0 Å². The molecule has 0 amide bonds. The van der Waals surface area contributed by atoms with Crippen molar-refractivity contribution in [3.63, 3.8) is 0 Å². The summed E-state index contributed by atoms with van der Waals surface area (Å²) >= 11 is -19.7. The number of hydrogen-bond donors (Lipinski definition) is 0. The van der Waals surface area contributed by atoms with E-state index in [9.17, 15) is 0 Å². The summed E-state index contributed by atoms with van der Waals surface area (Å²) in [6.45, 7) is 0. The van der Waals surface area contributed by atoms with E-state index in [0.717, 1.165) is 0 Å². The summed E-state index contributed by atoms with van der Waals surface area (Å²) in [6, 6.07) is 0. The van der Waals surface area contributed by atoms with Gasteiger partial charge in [-0.15, -0.1) is 0 Å². The fourth-order valence-corrected chi connectivity index (χ4v) is 0. The minimum atomic E-state index is -2.19. The molecule has 18 nitrogen and oxygen atoms in total. The normalized spacial score (nSPS) is 3.60. The molecule has 2 radical (unpaired) electrons. The van der Waals surface area contributed by atoms with Crippen molar-refractivity contribution >= 4 is 186 Å². The zero-order chi connectivity index (χ0) is 24.4. The van der Waals surface area contributed by atoms with Crippen molar-refractivity contribution < 1.29 is 71.2 Å². The zero-order valence-corrected chi connectivity index (χ0v) is 38.9. The fraction of sp³-hybridized carbons (Fsp3) is 0. The maximum absolute atomic E-state index is 8.53. The van der Waals surface area contributed by atoms with Crippen molar-refractivity contribution in [2.75, 3.05) is 0 Å². The van der Waals surface area contributed by atoms with Gasteiger partial charge in [-0.1, -0.05) is 0 Å². The largest absolute Gasteiger partial charge is 0.295 e. The molecule has 0 spiro atoms. The van der Waals surface area contributed by atoms with Crippen LogP contribution in [0.25, 0.3) is 0 Å². The minimum Gasteiger partial charge on any atom is -0.295 e. The molecule has 30 heavy (non-hydrogen) atoms. The minimum absolute atomic E-state index is 0. The van der Waals surface area contributed by atoms with E-state index in [1.807, 2.05) is 0 Å². The van der Waals surface area contributed by atoms with Crippen molar-refractivity contribution in [2.24, 2.45) is 0 Å². The first-order valence-corrected chi connectivity index (χ1v) is 22.0. The molecule has 0 saturated heterocycles. The van der Waals surface area contributed by atoms with E-state index >= 15 is 0 Å². The van der Waals surface area contributed by atoms with Crippen molar-refractivity contribution in [2.45, 2.75) is 0 Å². The van der Waals surface area contributed by atoms with E-state index in [1.165, 1.54) is 0 Å². The maximum atomic E-state index is 8.53. The van der Waals surface area contributed by atoms with Crippen LogP contribution in [0.15, 0.2) is 0 Å². The van der Waals surface area contributed by atoms with Crippen LogP contribution in [0.1, 0.15) is 0 Å². The van der Waals surface area contributed by atoms with Gasteiger partial charge in [-0.05, 0) is 0 Å². The SMILES string of the molecule is [B+3].[Bi+3].[O]=[GeH][O-].[O]=[GeH][O-].[O]=[GeH][O-].[O]=[GeH][O-].[O]=[GeH][O-].[O]=[GeH][O-].[O]=[GeH][O-].[O]=[GeH][O-].[O]=[GeH][O-].[PH6+3]. The Morgan fingerprint density at radius 2 is 0.300 bits per heavy atom. The first kappa shape index (κ1) is 76.7. The first-order chi connectivity index (χ1) is 12.7. The van der Waals surface area contributed by atoms with E-state index in [-0.39, 0.29) is 44.5 Å². The molecule has 172 valence electrons. The summed E-state index contributed by atoms with van der Waals surface area (Å²) < 4.78 is 154. The maximum Gasteiger partial charge on any atom is -0.295 e. The van der Waals surface area contributed by atoms with Gasteiger partial charge in [-0.25, -0.2) is 0 Å². The van der Waals surface area contributed by atoms with E-state index in [0.29, 0.717) is 0 Å². The fourth-order valence-electron chi connectivity index (χ4n) is 0. The topological polar surface area (TPSA) is 361 Å². The quantitative estimate of drug-likeness (QED) is 0.161. The van der Waals surface area contributed by atoms with Crippen LogP contribution in [0, 0.1) is 0 Å². The van der Waals surface area contributed by atoms with Gasteiger partial charge in [-0.2, -0.15) is 0 Å². The third-order valence-corrected chi connectivity index (χ3v) is 0. The Hall–Kier alpha value is 2.66. The predicted octanol–water partition coefficient (Wildman–Crippen LogP) is -19.1. The average Bonchev–Trinajstić information content (AvgIpc) is 2.53. The second-order valence-electron chi connectivity index (χ2n) is 0.866. The molecule has 0 N–H and O–H groups in total. The molecule has 0 atom stereocenters. The summed E-state index contributed by atoms with van der Waals surface area (Å²) in [4.78, 5) is 0. The molecule has 0 unspecified atom stereocenters. The predicted molar refractivity (Wildman–Crippen MR) is 97.3 cm³/mol. The smallest absolute Gasteiger partial charge is 0.295 e. The van der Waals surface area contributed by atoms with Gasteiger partial charge >= 0.3 is 247 Å². The molecule has 0 aromatic heterocycles. The molecule has 30 heteroatoms. The van der Waals surface area contributed by atoms with E-state index in [4.69, 9.17) is 71.2 Å². The Bertz CT molecular complexity index is 197. The number of rotatable bonds is 0. The Kier molecular flexibility index (Phi) is 559. The van der Waals surface area contributed by atoms with Crippen molar-refractivity contribution in [1.82, 2.24) is 0 Å². The Morgan fingerprint density at radius 1 is 0.300 bits per heavy atom. The number of hydrogen-bond acceptors (Lipinski definition) is 18. The molecule has 0 fully saturated rings. The third-order valence-electron chi connectivity index (χ3n) is 0. The molecule has 0 saturated carbocycles. The standard InChI is InChI=1S/B.Bi.9GeHO2.H6P/c;;9*2-1-3;/h;;9*1H;1H6/q2*+3;9*-1;+3. The molecule has 0 heterocycles. The molecule has 0 aromatic carbocycles. The second-order valence-corrected chi connectivity index (χ2v) is 4.50. The summed E-state index contributed by atoms with van der Waals surface area (Å²) in [5.41, 5.74) is 0. The Labute approximate surface area is 253 Å². The molecule has 0 rings (SSSR count). The molecular formula is H15BBiGe9O18P. The molecule has 0 aliphatic heterocycles. The summed E-state index contributed by atoms with van der Waals surface area (Å²) in [5, 5.41) is 0. The van der Waals surface area contributed by atoms with Crippen molar-refractivity contribution in [3.8, 4) is 0 Å². The van der Waals surface area contributed by atoms with E-state index in [1.54, 1.807) is 0 Å². The van der Waals surface area contributed by atoms with Crippen molar-refractivity contribution in [3.05, 3.63) is 0 Å². The summed E-state index contributed by atoms with van der Waals surface area (Å²) in [7, 11) is 0. The van der Waals surface area contributed by atoms with Crippen LogP contribution in [0.4, 0.5) is 0 Å². The average molecular weight is 1210 g/mol. The van der Waals surface area contributed by atoms with E-state index < -0.39 is 141 Å². The Morgan fingerprint density at radius 3 is 0.300 bits per heavy atom. The summed E-state index contributed by atoms with van der Waals surface area (Å²) in [6.07, 6.45) is 0. The van der Waals surface area contributed by atoms with Gasteiger partial charge < -0.3 is 0 Å². The van der Waals surface area contributed by atoms with Gasteiger partial charge in [0.1, 0.15) is 0 Å². The van der Waals surface area contributed by atoms with Gasteiger partial charge in [0, 0.05) is 0 Å². The summed E-state index contributed by atoms with van der Waals surface area (Å²) in [5.74, 6) is 0. The van der Waals surface area contributed by atoms with Crippen LogP contribution in [0.2, 0.25) is 0 Å². The van der Waals surface area contributed by atoms with Crippen LogP contribution in [-0.2, 0) is 34.0 Å².